The Balaban J connectivity index is 2.05. The lowest BCUT2D eigenvalue weighted by atomic mass is 10.2. The molecule has 0 aromatic heterocycles. The number of nitrogens with two attached hydrogens (primary N) is 1. The Hall–Kier alpha value is -1.86. The molecule has 1 heterocycles. The highest BCUT2D eigenvalue weighted by molar-refractivity contribution is 5.55. The topological polar surface area (TPSA) is 99.7 Å². The maximum atomic E-state index is 10.7. The van der Waals surface area contributed by atoms with Crippen molar-refractivity contribution in [3.63, 3.8) is 0 Å². The quantitative estimate of drug-likeness (QED) is 0.468. The number of nitrogens with zero attached hydrogens (tertiary/aromatic N) is 1. The third-order valence-electron chi connectivity index (χ3n) is 2.73. The number of hydrogen-bond acceptors (Lipinski definition) is 6. The molecule has 0 bridgehead atoms. The highest BCUT2D eigenvalue weighted by Crippen LogP contribution is 2.26. The Morgan fingerprint density at radius 2 is 2.39 bits per heavy atom. The SMILES string of the molecule is NNc1cc(OCC2CCCO2)cc([N+](=O)[O-])c1. The number of ether oxygens (including phenoxy) is 2. The molecule has 7 heteroatoms. The smallest absolute Gasteiger partial charge is 0.275 e. The zero-order chi connectivity index (χ0) is 13.0. The average molecular weight is 253 g/mol. The van der Waals surface area contributed by atoms with Crippen molar-refractivity contribution < 1.29 is 14.4 Å². The van der Waals surface area contributed by atoms with Crippen LogP contribution in [-0.2, 0) is 4.74 Å². The van der Waals surface area contributed by atoms with Crippen LogP contribution in [0.5, 0.6) is 5.75 Å². The van der Waals surface area contributed by atoms with E-state index in [4.69, 9.17) is 15.3 Å². The van der Waals surface area contributed by atoms with Crippen LogP contribution in [0.2, 0.25) is 0 Å². The summed E-state index contributed by atoms with van der Waals surface area (Å²) in [7, 11) is 0. The first kappa shape index (κ1) is 12.6. The molecule has 7 nitrogen and oxygen atoms in total. The van der Waals surface area contributed by atoms with Gasteiger partial charge in [-0.25, -0.2) is 0 Å². The van der Waals surface area contributed by atoms with Crippen molar-refractivity contribution in [3.05, 3.63) is 28.3 Å². The first-order chi connectivity index (χ1) is 8.69. The van der Waals surface area contributed by atoms with Crippen LogP contribution < -0.4 is 16.0 Å². The first-order valence-corrected chi connectivity index (χ1v) is 5.69. The van der Waals surface area contributed by atoms with Gasteiger partial charge in [0, 0.05) is 18.7 Å². The molecule has 1 fully saturated rings. The van der Waals surface area contributed by atoms with Crippen LogP contribution in [0, 0.1) is 10.1 Å². The Labute approximate surface area is 104 Å². The van der Waals surface area contributed by atoms with Crippen molar-refractivity contribution >= 4 is 11.4 Å². The van der Waals surface area contributed by atoms with E-state index in [0.717, 1.165) is 19.4 Å². The third kappa shape index (κ3) is 3.08. The number of nitro benzene ring substituents is 1. The van der Waals surface area contributed by atoms with Crippen LogP contribution in [-0.4, -0.2) is 24.2 Å². The van der Waals surface area contributed by atoms with Gasteiger partial charge in [-0.05, 0) is 12.8 Å². The fourth-order valence-electron chi connectivity index (χ4n) is 1.82. The number of benzene rings is 1. The molecule has 2 rings (SSSR count). The molecule has 1 aromatic carbocycles. The molecule has 1 atom stereocenters. The monoisotopic (exact) mass is 253 g/mol. The second kappa shape index (κ2) is 5.65. The van der Waals surface area contributed by atoms with Gasteiger partial charge in [-0.1, -0.05) is 0 Å². The molecule has 1 aliphatic rings. The molecule has 1 aromatic rings. The average Bonchev–Trinajstić information content (AvgIpc) is 2.89. The molecule has 3 N–H and O–H groups in total. The van der Waals surface area contributed by atoms with E-state index < -0.39 is 4.92 Å². The molecule has 0 saturated carbocycles. The predicted octanol–water partition coefficient (Wildman–Crippen LogP) is 1.44. The first-order valence-electron chi connectivity index (χ1n) is 5.69. The summed E-state index contributed by atoms with van der Waals surface area (Å²) in [5.41, 5.74) is 2.75. The van der Waals surface area contributed by atoms with Gasteiger partial charge in [-0.2, -0.15) is 0 Å². The number of rotatable bonds is 5. The lowest BCUT2D eigenvalue weighted by molar-refractivity contribution is -0.384. The minimum atomic E-state index is -0.486. The summed E-state index contributed by atoms with van der Waals surface area (Å²) >= 11 is 0. The highest BCUT2D eigenvalue weighted by atomic mass is 16.6. The molecule has 0 radical (unpaired) electrons. The zero-order valence-electron chi connectivity index (χ0n) is 9.80. The van der Waals surface area contributed by atoms with E-state index in [1.54, 1.807) is 6.07 Å². The van der Waals surface area contributed by atoms with Crippen molar-refractivity contribution in [2.24, 2.45) is 5.84 Å². The van der Waals surface area contributed by atoms with E-state index in [0.29, 0.717) is 18.0 Å². The molecule has 0 aliphatic carbocycles. The number of hydrazine groups is 1. The van der Waals surface area contributed by atoms with Gasteiger partial charge in [0.05, 0.1) is 22.8 Å². The highest BCUT2D eigenvalue weighted by Gasteiger charge is 2.17. The Morgan fingerprint density at radius 3 is 3.00 bits per heavy atom. The van der Waals surface area contributed by atoms with Crippen LogP contribution in [0.4, 0.5) is 11.4 Å². The predicted molar refractivity (Wildman–Crippen MR) is 65.4 cm³/mol. The molecule has 1 saturated heterocycles. The third-order valence-corrected chi connectivity index (χ3v) is 2.73. The van der Waals surface area contributed by atoms with Crippen molar-refractivity contribution in [1.82, 2.24) is 0 Å². The second-order valence-electron chi connectivity index (χ2n) is 4.06. The van der Waals surface area contributed by atoms with Gasteiger partial charge in [0.25, 0.3) is 5.69 Å². The van der Waals surface area contributed by atoms with Crippen LogP contribution in [0.25, 0.3) is 0 Å². The summed E-state index contributed by atoms with van der Waals surface area (Å²) in [5, 5.41) is 10.7. The van der Waals surface area contributed by atoms with Gasteiger partial charge in [-0.3, -0.25) is 16.0 Å². The fraction of sp³-hybridized carbons (Fsp3) is 0.455. The van der Waals surface area contributed by atoms with E-state index in [2.05, 4.69) is 5.43 Å². The van der Waals surface area contributed by atoms with Crippen molar-refractivity contribution in [3.8, 4) is 5.75 Å². The molecule has 98 valence electrons. The maximum absolute atomic E-state index is 10.7. The minimum Gasteiger partial charge on any atom is -0.491 e. The standard InChI is InChI=1S/C11H15N3O4/c12-13-8-4-9(14(15)16)6-11(5-8)18-7-10-2-1-3-17-10/h4-6,10,13H,1-3,7,12H2. The summed E-state index contributed by atoms with van der Waals surface area (Å²) in [6.07, 6.45) is 2.05. The lowest BCUT2D eigenvalue weighted by Crippen LogP contribution is -2.16. The van der Waals surface area contributed by atoms with Crippen LogP contribution in [0.1, 0.15) is 12.8 Å². The molecule has 0 amide bonds. The van der Waals surface area contributed by atoms with Crippen molar-refractivity contribution in [2.45, 2.75) is 18.9 Å². The number of anilines is 1. The minimum absolute atomic E-state index is 0.0622. The van der Waals surface area contributed by atoms with E-state index in [1.165, 1.54) is 12.1 Å². The number of hydrogen-bond donors (Lipinski definition) is 2. The molecular formula is C11H15N3O4. The number of nitrogens with one attached hydrogen (secondary N) is 1. The van der Waals surface area contributed by atoms with Crippen LogP contribution >= 0.6 is 0 Å². The Morgan fingerprint density at radius 1 is 1.56 bits per heavy atom. The normalized spacial score (nSPS) is 18.6. The number of nitro groups is 1. The van der Waals surface area contributed by atoms with Crippen molar-refractivity contribution in [2.75, 3.05) is 18.6 Å². The van der Waals surface area contributed by atoms with E-state index in [-0.39, 0.29) is 11.8 Å². The Kier molecular flexibility index (Phi) is 3.96. The van der Waals surface area contributed by atoms with Gasteiger partial charge in [0.15, 0.2) is 0 Å². The summed E-state index contributed by atoms with van der Waals surface area (Å²) in [4.78, 5) is 10.3. The van der Waals surface area contributed by atoms with E-state index in [1.807, 2.05) is 0 Å². The summed E-state index contributed by atoms with van der Waals surface area (Å²) in [5.74, 6) is 5.66. The second-order valence-corrected chi connectivity index (χ2v) is 4.06. The van der Waals surface area contributed by atoms with Gasteiger partial charge in [0.1, 0.15) is 12.4 Å². The molecular weight excluding hydrogens is 238 g/mol. The van der Waals surface area contributed by atoms with Crippen LogP contribution in [0.15, 0.2) is 18.2 Å². The van der Waals surface area contributed by atoms with Gasteiger partial charge >= 0.3 is 0 Å². The summed E-state index contributed by atoms with van der Waals surface area (Å²) in [6.45, 7) is 1.14. The van der Waals surface area contributed by atoms with Gasteiger partial charge in [-0.15, -0.1) is 0 Å². The molecule has 18 heavy (non-hydrogen) atoms. The van der Waals surface area contributed by atoms with Gasteiger partial charge in [0.2, 0.25) is 0 Å². The number of non-ortho nitro benzene ring substituents is 1. The maximum Gasteiger partial charge on any atom is 0.275 e. The van der Waals surface area contributed by atoms with Crippen LogP contribution in [0.3, 0.4) is 0 Å². The Bertz CT molecular complexity index is 432. The molecule has 1 aliphatic heterocycles. The summed E-state index contributed by atoms with van der Waals surface area (Å²) < 4.78 is 10.9. The summed E-state index contributed by atoms with van der Waals surface area (Å²) in [6, 6.07) is 4.33. The lowest BCUT2D eigenvalue weighted by Gasteiger charge is -2.12. The number of nitrogen functional groups attached to an aromatic ring is 1. The molecule has 1 unspecified atom stereocenters. The largest absolute Gasteiger partial charge is 0.491 e. The van der Waals surface area contributed by atoms with Gasteiger partial charge < -0.3 is 14.9 Å². The molecule has 0 spiro atoms. The van der Waals surface area contributed by atoms with E-state index >= 15 is 0 Å². The van der Waals surface area contributed by atoms with Crippen molar-refractivity contribution in [1.29, 1.82) is 0 Å². The van der Waals surface area contributed by atoms with E-state index in [9.17, 15) is 10.1 Å². The zero-order valence-corrected chi connectivity index (χ0v) is 9.80. The fourth-order valence-corrected chi connectivity index (χ4v) is 1.82.